The molecule has 1 aliphatic heterocycles. The molecule has 59 heavy (non-hydrogen) atoms. The van der Waals surface area contributed by atoms with Crippen LogP contribution < -0.4 is 11.1 Å². The second-order valence-electron chi connectivity index (χ2n) is 15.1. The van der Waals surface area contributed by atoms with Gasteiger partial charge in [0.2, 0.25) is 0 Å². The van der Waals surface area contributed by atoms with Gasteiger partial charge in [-0.1, -0.05) is 140 Å². The number of rotatable bonds is 5. The van der Waals surface area contributed by atoms with Gasteiger partial charge in [0.1, 0.15) is 23.2 Å². The molecule has 0 spiro atoms. The molecule has 3 aromatic heterocycles. The maximum absolute atomic E-state index is 6.99. The normalized spacial score (nSPS) is 14.9. The first kappa shape index (κ1) is 33.3. The molecule has 0 saturated carbocycles. The lowest BCUT2D eigenvalue weighted by atomic mass is 10.00. The highest BCUT2D eigenvalue weighted by Gasteiger charge is 2.28. The Morgan fingerprint density at radius 1 is 0.627 bits per heavy atom. The Balaban J connectivity index is 1.04. The quantitative estimate of drug-likeness (QED) is 0.183. The van der Waals surface area contributed by atoms with Crippen LogP contribution in [0.4, 0.5) is 5.88 Å². The molecule has 4 heterocycles. The highest BCUT2D eigenvalue weighted by Crippen LogP contribution is 2.42. The number of benzene rings is 8. The van der Waals surface area contributed by atoms with Crippen LogP contribution in [-0.2, 0) is 0 Å². The number of anilines is 1. The number of fused-ring (bicyclic) bond motifs is 10. The summed E-state index contributed by atoms with van der Waals surface area (Å²) in [6.45, 7) is 2.01. The van der Waals surface area contributed by atoms with Crippen LogP contribution in [0.1, 0.15) is 29.8 Å². The predicted octanol–water partition coefficient (Wildman–Crippen LogP) is 12.9. The summed E-state index contributed by atoms with van der Waals surface area (Å²) in [5, 5.41) is 13.7. The van der Waals surface area contributed by atoms with E-state index in [9.17, 15) is 0 Å². The zero-order valence-electron chi connectivity index (χ0n) is 32.0. The number of allylic oxidation sites excluding steroid dienone is 1. The van der Waals surface area contributed by atoms with Crippen LogP contribution in [0.2, 0.25) is 0 Å². The third-order valence-corrected chi connectivity index (χ3v) is 11.8. The SMILES string of the molecule is C/C=C(/C1=NC(c2ccc3ccccc3c2)=NC(c2ccc3c(c2)oc2ccccc23)N1)c1c(N)oc2c(-n3c4ccccc4c4ccc5ccccc5c43)cccc12. The van der Waals surface area contributed by atoms with Crippen molar-refractivity contribution in [3.63, 3.8) is 0 Å². The van der Waals surface area contributed by atoms with E-state index in [1.165, 1.54) is 21.5 Å². The fourth-order valence-electron chi connectivity index (χ4n) is 9.08. The van der Waals surface area contributed by atoms with E-state index in [1.807, 2.05) is 25.1 Å². The molecule has 0 aliphatic carbocycles. The van der Waals surface area contributed by atoms with Crippen LogP contribution in [0.25, 0.3) is 87.5 Å². The third-order valence-electron chi connectivity index (χ3n) is 11.8. The van der Waals surface area contributed by atoms with E-state index in [1.54, 1.807) is 0 Å². The number of nitrogen functional groups attached to an aromatic ring is 1. The molecule has 7 nitrogen and oxygen atoms in total. The summed E-state index contributed by atoms with van der Waals surface area (Å²) >= 11 is 0. The van der Waals surface area contributed by atoms with Crippen LogP contribution in [0.15, 0.2) is 189 Å². The summed E-state index contributed by atoms with van der Waals surface area (Å²) in [5.74, 6) is 1.57. The van der Waals surface area contributed by atoms with Gasteiger partial charge in [-0.3, -0.25) is 0 Å². The van der Waals surface area contributed by atoms with Gasteiger partial charge < -0.3 is 24.5 Å². The monoisotopic (exact) mass is 761 g/mol. The summed E-state index contributed by atoms with van der Waals surface area (Å²) in [4.78, 5) is 10.5. The van der Waals surface area contributed by atoms with E-state index in [0.29, 0.717) is 23.1 Å². The summed E-state index contributed by atoms with van der Waals surface area (Å²) in [6.07, 6.45) is 1.58. The molecule has 1 aliphatic rings. The number of aliphatic imine (C=N–C) groups is 2. The van der Waals surface area contributed by atoms with Crippen molar-refractivity contribution in [2.24, 2.45) is 9.98 Å². The Kier molecular flexibility index (Phi) is 7.22. The Labute approximate surface area is 338 Å². The third kappa shape index (κ3) is 5.08. The number of hydrogen-bond acceptors (Lipinski definition) is 6. The van der Waals surface area contributed by atoms with Gasteiger partial charge in [-0.05, 0) is 53.4 Å². The topological polar surface area (TPSA) is 94.0 Å². The van der Waals surface area contributed by atoms with Crippen LogP contribution in [-0.4, -0.2) is 16.2 Å². The number of nitrogens with zero attached hydrogens (tertiary/aromatic N) is 3. The van der Waals surface area contributed by atoms with Crippen molar-refractivity contribution in [3.8, 4) is 5.69 Å². The van der Waals surface area contributed by atoms with Gasteiger partial charge in [0.05, 0.1) is 22.3 Å². The molecule has 7 heteroatoms. The van der Waals surface area contributed by atoms with E-state index in [4.69, 9.17) is 24.6 Å². The van der Waals surface area contributed by atoms with Gasteiger partial charge in [-0.2, -0.15) is 0 Å². The molecule has 1 atom stereocenters. The summed E-state index contributed by atoms with van der Waals surface area (Å²) in [6, 6.07) is 56.9. The van der Waals surface area contributed by atoms with E-state index in [0.717, 1.165) is 77.1 Å². The molecule has 0 fully saturated rings. The minimum absolute atomic E-state index is 0.311. The van der Waals surface area contributed by atoms with E-state index in [-0.39, 0.29) is 0 Å². The fourth-order valence-corrected chi connectivity index (χ4v) is 9.08. The average Bonchev–Trinajstić information content (AvgIpc) is 3.95. The maximum Gasteiger partial charge on any atom is 0.199 e. The molecule has 0 saturated heterocycles. The van der Waals surface area contributed by atoms with Gasteiger partial charge in [0.15, 0.2) is 17.3 Å². The summed E-state index contributed by atoms with van der Waals surface area (Å²) in [5.41, 5.74) is 15.9. The smallest absolute Gasteiger partial charge is 0.199 e. The first-order chi connectivity index (χ1) is 29.1. The zero-order valence-corrected chi connectivity index (χ0v) is 32.0. The van der Waals surface area contributed by atoms with Crippen molar-refractivity contribution in [2.75, 3.05) is 5.73 Å². The molecular weight excluding hydrogens is 727 g/mol. The molecule has 0 radical (unpaired) electrons. The number of amidine groups is 2. The lowest BCUT2D eigenvalue weighted by Gasteiger charge is -2.25. The average molecular weight is 762 g/mol. The Bertz CT molecular complexity index is 3640. The van der Waals surface area contributed by atoms with Gasteiger partial charge in [-0.15, -0.1) is 0 Å². The zero-order chi connectivity index (χ0) is 39.2. The largest absolute Gasteiger partial charge is 0.456 e. The molecule has 0 bridgehead atoms. The Morgan fingerprint density at radius 2 is 1.34 bits per heavy atom. The predicted molar refractivity (Wildman–Crippen MR) is 244 cm³/mol. The van der Waals surface area contributed by atoms with Crippen LogP contribution >= 0.6 is 0 Å². The maximum atomic E-state index is 6.99. The number of para-hydroxylation sites is 3. The van der Waals surface area contributed by atoms with E-state index in [2.05, 4.69) is 162 Å². The van der Waals surface area contributed by atoms with Crippen LogP contribution in [0, 0.1) is 0 Å². The summed E-state index contributed by atoms with van der Waals surface area (Å²) in [7, 11) is 0. The molecule has 3 N–H and O–H groups in total. The Hall–Kier alpha value is -7.90. The molecule has 11 aromatic rings. The lowest BCUT2D eigenvalue weighted by Crippen LogP contribution is -2.33. The number of hydrogen-bond donors (Lipinski definition) is 2. The fraction of sp³-hybridized carbons (Fsp3) is 0.0385. The van der Waals surface area contributed by atoms with Gasteiger partial charge >= 0.3 is 0 Å². The molecule has 8 aromatic carbocycles. The number of nitrogens with two attached hydrogens (primary N) is 1. The summed E-state index contributed by atoms with van der Waals surface area (Å²) < 4.78 is 15.3. The van der Waals surface area contributed by atoms with Crippen molar-refractivity contribution >= 4 is 99.4 Å². The van der Waals surface area contributed by atoms with E-state index >= 15 is 0 Å². The van der Waals surface area contributed by atoms with Crippen molar-refractivity contribution in [1.29, 1.82) is 0 Å². The molecule has 280 valence electrons. The van der Waals surface area contributed by atoms with Crippen molar-refractivity contribution in [3.05, 3.63) is 187 Å². The molecular formula is C52H35N5O2. The van der Waals surface area contributed by atoms with Crippen LogP contribution in [0.3, 0.4) is 0 Å². The highest BCUT2D eigenvalue weighted by molar-refractivity contribution is 6.31. The van der Waals surface area contributed by atoms with Crippen LogP contribution in [0.5, 0.6) is 0 Å². The molecule has 12 rings (SSSR count). The second kappa shape index (κ2) is 12.8. The standard InChI is InChI=1S/C52H35N5O2/c1-2-35(46-41-18-11-20-43(48(41)59-49(46)53)57-42-19-9-7-16-37(42)40-27-24-31-13-5-6-15-36(31)47(40)57)52-55-50(33-23-22-30-12-3-4-14-32(30)28-33)54-51(56-52)34-25-26-39-38-17-8-10-21-44(38)58-45(39)29-34/h2-29,51H,53H2,1H3,(H,54,55,56)/b35-2+. The lowest BCUT2D eigenvalue weighted by molar-refractivity contribution is 0.634. The first-order valence-corrected chi connectivity index (χ1v) is 19.8. The number of nitrogens with one attached hydrogen (secondary N) is 1. The minimum atomic E-state index is -0.475. The molecule has 0 amide bonds. The number of aromatic nitrogens is 1. The Morgan fingerprint density at radius 3 is 2.22 bits per heavy atom. The van der Waals surface area contributed by atoms with Crippen molar-refractivity contribution in [1.82, 2.24) is 9.88 Å². The second-order valence-corrected chi connectivity index (χ2v) is 15.1. The first-order valence-electron chi connectivity index (χ1n) is 19.8. The van der Waals surface area contributed by atoms with Gasteiger partial charge in [0.25, 0.3) is 0 Å². The van der Waals surface area contributed by atoms with Crippen molar-refractivity contribution < 1.29 is 8.83 Å². The van der Waals surface area contributed by atoms with Gasteiger partial charge in [-0.25, -0.2) is 9.98 Å². The highest BCUT2D eigenvalue weighted by atomic mass is 16.3. The van der Waals surface area contributed by atoms with Crippen molar-refractivity contribution in [2.45, 2.75) is 13.1 Å². The minimum Gasteiger partial charge on any atom is -0.456 e. The number of furan rings is 2. The van der Waals surface area contributed by atoms with Gasteiger partial charge in [0, 0.05) is 49.0 Å². The molecule has 1 unspecified atom stereocenters. The van der Waals surface area contributed by atoms with E-state index < -0.39 is 6.17 Å².